The number of nitriles is 1. The summed E-state index contributed by atoms with van der Waals surface area (Å²) in [4.78, 5) is 6.21. The van der Waals surface area contributed by atoms with Crippen molar-refractivity contribution in [3.8, 4) is 6.07 Å². The highest BCUT2D eigenvalue weighted by atomic mass is 19.1. The molecule has 2 aliphatic rings. The van der Waals surface area contributed by atoms with Crippen molar-refractivity contribution in [2.45, 2.75) is 57.3 Å². The number of alkyl halides is 2. The molecule has 1 aliphatic carbocycles. The number of aryl methyl sites for hydroxylation is 1. The molecule has 0 radical (unpaired) electrons. The SMILES string of the molecule is Cc1ccc2c(C#N)c(C3N=CC=CN3C(CF)CF)n(C3CCCCC3)c2c1. The van der Waals surface area contributed by atoms with E-state index in [0.717, 1.165) is 47.8 Å². The van der Waals surface area contributed by atoms with Gasteiger partial charge in [-0.25, -0.2) is 8.78 Å². The molecule has 2 heterocycles. The average molecular weight is 396 g/mol. The Morgan fingerprint density at radius 2 is 1.97 bits per heavy atom. The molecule has 1 atom stereocenters. The van der Waals surface area contributed by atoms with Crippen molar-refractivity contribution >= 4 is 17.1 Å². The van der Waals surface area contributed by atoms with E-state index < -0.39 is 25.6 Å². The molecule has 4 rings (SSSR count). The second-order valence-corrected chi connectivity index (χ2v) is 7.98. The van der Waals surface area contributed by atoms with E-state index in [9.17, 15) is 14.0 Å². The lowest BCUT2D eigenvalue weighted by Crippen LogP contribution is -2.39. The van der Waals surface area contributed by atoms with Gasteiger partial charge in [0.1, 0.15) is 19.4 Å². The van der Waals surface area contributed by atoms with Gasteiger partial charge in [0.2, 0.25) is 0 Å². The molecule has 0 saturated heterocycles. The second-order valence-electron chi connectivity index (χ2n) is 7.98. The van der Waals surface area contributed by atoms with Gasteiger partial charge in [0.05, 0.1) is 22.8 Å². The van der Waals surface area contributed by atoms with Gasteiger partial charge in [-0.15, -0.1) is 0 Å². The molecule has 6 heteroatoms. The third kappa shape index (κ3) is 3.43. The Labute approximate surface area is 170 Å². The fourth-order valence-corrected chi connectivity index (χ4v) is 4.71. The first-order chi connectivity index (χ1) is 14.2. The summed E-state index contributed by atoms with van der Waals surface area (Å²) in [6, 6.07) is 7.83. The van der Waals surface area contributed by atoms with Crippen molar-refractivity contribution in [1.29, 1.82) is 5.26 Å². The first-order valence-corrected chi connectivity index (χ1v) is 10.3. The Morgan fingerprint density at radius 3 is 2.66 bits per heavy atom. The molecule has 29 heavy (non-hydrogen) atoms. The van der Waals surface area contributed by atoms with Crippen LogP contribution in [0.3, 0.4) is 0 Å². The van der Waals surface area contributed by atoms with Crippen LogP contribution in [0.5, 0.6) is 0 Å². The van der Waals surface area contributed by atoms with Crippen molar-refractivity contribution in [2.75, 3.05) is 13.3 Å². The number of aliphatic imine (C=N–C) groups is 1. The lowest BCUT2D eigenvalue weighted by atomic mass is 9.94. The molecule has 0 bridgehead atoms. The highest BCUT2D eigenvalue weighted by Gasteiger charge is 2.34. The van der Waals surface area contributed by atoms with Gasteiger partial charge in [-0.2, -0.15) is 5.26 Å². The van der Waals surface area contributed by atoms with Crippen LogP contribution in [0.4, 0.5) is 8.78 Å². The van der Waals surface area contributed by atoms with E-state index in [1.807, 2.05) is 19.1 Å². The lowest BCUT2D eigenvalue weighted by Gasteiger charge is -2.36. The van der Waals surface area contributed by atoms with Crippen LogP contribution in [0.2, 0.25) is 0 Å². The van der Waals surface area contributed by atoms with Gasteiger partial charge < -0.3 is 9.47 Å². The maximum Gasteiger partial charge on any atom is 0.163 e. The zero-order valence-corrected chi connectivity index (χ0v) is 16.7. The molecule has 1 unspecified atom stereocenters. The zero-order valence-electron chi connectivity index (χ0n) is 16.7. The second kappa shape index (κ2) is 8.36. The predicted molar refractivity (Wildman–Crippen MR) is 111 cm³/mol. The quantitative estimate of drug-likeness (QED) is 0.667. The van der Waals surface area contributed by atoms with E-state index in [-0.39, 0.29) is 6.04 Å². The number of halogens is 2. The molecule has 1 fully saturated rings. The number of hydrogen-bond donors (Lipinski definition) is 0. The van der Waals surface area contributed by atoms with Crippen LogP contribution >= 0.6 is 0 Å². The van der Waals surface area contributed by atoms with Gasteiger partial charge >= 0.3 is 0 Å². The van der Waals surface area contributed by atoms with Crippen molar-refractivity contribution in [1.82, 2.24) is 9.47 Å². The maximum absolute atomic E-state index is 13.6. The third-order valence-electron chi connectivity index (χ3n) is 6.13. The maximum atomic E-state index is 13.6. The topological polar surface area (TPSA) is 44.3 Å². The minimum atomic E-state index is -0.917. The number of benzene rings is 1. The van der Waals surface area contributed by atoms with E-state index in [1.54, 1.807) is 23.4 Å². The number of hydrogen-bond acceptors (Lipinski definition) is 3. The van der Waals surface area contributed by atoms with Crippen molar-refractivity contribution < 1.29 is 8.78 Å². The number of rotatable bonds is 5. The van der Waals surface area contributed by atoms with Crippen molar-refractivity contribution in [2.24, 2.45) is 4.99 Å². The monoisotopic (exact) mass is 396 g/mol. The summed E-state index contributed by atoms with van der Waals surface area (Å²) in [5.41, 5.74) is 3.46. The van der Waals surface area contributed by atoms with Crippen LogP contribution in [-0.4, -0.2) is 35.1 Å². The van der Waals surface area contributed by atoms with Crippen LogP contribution in [0, 0.1) is 18.3 Å². The first kappa shape index (κ1) is 19.6. The summed E-state index contributed by atoms with van der Waals surface area (Å²) in [5.74, 6) is 0. The molecule has 0 amide bonds. The highest BCUT2D eigenvalue weighted by molar-refractivity contribution is 5.89. The number of aromatic nitrogens is 1. The molecule has 0 N–H and O–H groups in total. The van der Waals surface area contributed by atoms with E-state index in [4.69, 9.17) is 0 Å². The fraction of sp³-hybridized carbons (Fsp3) is 0.478. The Bertz CT molecular complexity index is 975. The Balaban J connectivity index is 1.96. The molecule has 1 saturated carbocycles. The van der Waals surface area contributed by atoms with Gasteiger partial charge in [-0.1, -0.05) is 31.4 Å². The Hall–Kier alpha value is -2.68. The summed E-state index contributed by atoms with van der Waals surface area (Å²) in [6.45, 7) is 0.425. The Kier molecular flexibility index (Phi) is 5.66. The van der Waals surface area contributed by atoms with Gasteiger partial charge in [-0.05, 0) is 37.5 Å². The summed E-state index contributed by atoms with van der Waals surface area (Å²) < 4.78 is 29.4. The van der Waals surface area contributed by atoms with E-state index in [2.05, 4.69) is 21.7 Å². The average Bonchev–Trinajstić information content (AvgIpc) is 3.08. The van der Waals surface area contributed by atoms with Crippen molar-refractivity contribution in [3.05, 3.63) is 47.3 Å². The zero-order chi connectivity index (χ0) is 20.4. The van der Waals surface area contributed by atoms with Crippen LogP contribution in [0.25, 0.3) is 10.9 Å². The van der Waals surface area contributed by atoms with E-state index in [0.29, 0.717) is 5.56 Å². The molecule has 4 nitrogen and oxygen atoms in total. The predicted octanol–water partition coefficient (Wildman–Crippen LogP) is 5.53. The summed E-state index contributed by atoms with van der Waals surface area (Å²) >= 11 is 0. The van der Waals surface area contributed by atoms with Gasteiger partial charge in [0, 0.05) is 23.8 Å². The first-order valence-electron chi connectivity index (χ1n) is 10.3. The molecule has 1 aliphatic heterocycles. The standard InChI is InChI=1S/C23H26F2N4/c1-16-8-9-19-20(15-26)22(23-27-10-5-11-28(23)18(13-24)14-25)29(21(19)12-16)17-6-3-2-4-7-17/h5,8-12,17-18,23H,2-4,6-7,13-14H2,1H3. The molecule has 1 aromatic heterocycles. The number of allylic oxidation sites excluding steroid dienone is 1. The number of nitrogens with zero attached hydrogens (tertiary/aromatic N) is 4. The molecular weight excluding hydrogens is 370 g/mol. The van der Waals surface area contributed by atoms with Crippen LogP contribution in [-0.2, 0) is 0 Å². The number of fused-ring (bicyclic) bond motifs is 1. The van der Waals surface area contributed by atoms with Gasteiger partial charge in [0.25, 0.3) is 0 Å². The van der Waals surface area contributed by atoms with Gasteiger partial charge in [0.15, 0.2) is 6.17 Å². The van der Waals surface area contributed by atoms with Gasteiger partial charge in [-0.3, -0.25) is 4.99 Å². The summed E-state index contributed by atoms with van der Waals surface area (Å²) in [5, 5.41) is 11.0. The molecule has 0 spiro atoms. The summed E-state index contributed by atoms with van der Waals surface area (Å²) in [6.07, 6.45) is 10.0. The lowest BCUT2D eigenvalue weighted by molar-refractivity contribution is 0.141. The normalized spacial score (nSPS) is 20.0. The van der Waals surface area contributed by atoms with Crippen LogP contribution in [0.1, 0.15) is 61.1 Å². The van der Waals surface area contributed by atoms with Crippen molar-refractivity contribution in [3.63, 3.8) is 0 Å². The molecule has 2 aromatic rings. The third-order valence-corrected chi connectivity index (χ3v) is 6.13. The van der Waals surface area contributed by atoms with E-state index in [1.165, 1.54) is 6.42 Å². The largest absolute Gasteiger partial charge is 0.343 e. The summed E-state index contributed by atoms with van der Waals surface area (Å²) in [7, 11) is 0. The fourth-order valence-electron chi connectivity index (χ4n) is 4.71. The smallest absolute Gasteiger partial charge is 0.163 e. The minimum absolute atomic E-state index is 0.266. The van der Waals surface area contributed by atoms with Crippen LogP contribution in [0.15, 0.2) is 35.5 Å². The molecular formula is C23H26F2N4. The highest BCUT2D eigenvalue weighted by Crippen LogP contribution is 2.41. The van der Waals surface area contributed by atoms with Crippen LogP contribution < -0.4 is 0 Å². The van der Waals surface area contributed by atoms with E-state index >= 15 is 0 Å². The Morgan fingerprint density at radius 1 is 1.21 bits per heavy atom. The minimum Gasteiger partial charge on any atom is -0.343 e. The molecule has 1 aromatic carbocycles. The molecule has 152 valence electrons.